The van der Waals surface area contributed by atoms with Crippen molar-refractivity contribution in [3.63, 3.8) is 0 Å². The van der Waals surface area contributed by atoms with Gasteiger partial charge in [0.2, 0.25) is 0 Å². The third kappa shape index (κ3) is 1.94. The van der Waals surface area contributed by atoms with E-state index in [4.69, 9.17) is 0 Å². The molecule has 0 saturated heterocycles. The maximum absolute atomic E-state index is 10.4. The SMILES string of the molecule is Cc1c2c(c(CO)c3ccc4ccccc4c13)[C@@H](O)[C@H](O)C=C2. The highest BCUT2D eigenvalue weighted by Crippen LogP contribution is 2.41. The molecule has 4 rings (SSSR count). The third-order valence-corrected chi connectivity index (χ3v) is 4.89. The minimum Gasteiger partial charge on any atom is -0.392 e. The van der Waals surface area contributed by atoms with Crippen LogP contribution in [-0.2, 0) is 6.61 Å². The summed E-state index contributed by atoms with van der Waals surface area (Å²) in [5.74, 6) is 0. The van der Waals surface area contributed by atoms with Crippen LogP contribution in [0.1, 0.15) is 28.4 Å². The summed E-state index contributed by atoms with van der Waals surface area (Å²) in [5, 5.41) is 34.6. The van der Waals surface area contributed by atoms with Crippen molar-refractivity contribution in [1.29, 1.82) is 0 Å². The number of fused-ring (bicyclic) bond motifs is 4. The van der Waals surface area contributed by atoms with Crippen LogP contribution in [-0.4, -0.2) is 21.4 Å². The first-order valence-corrected chi connectivity index (χ1v) is 7.75. The molecular weight excluding hydrogens is 288 g/mol. The Kier molecular flexibility index (Phi) is 3.23. The maximum Gasteiger partial charge on any atom is 0.109 e. The lowest BCUT2D eigenvalue weighted by Gasteiger charge is -2.27. The average molecular weight is 306 g/mol. The van der Waals surface area contributed by atoms with Gasteiger partial charge in [-0.1, -0.05) is 48.6 Å². The van der Waals surface area contributed by atoms with Crippen LogP contribution in [0.25, 0.3) is 27.6 Å². The molecule has 0 radical (unpaired) electrons. The lowest BCUT2D eigenvalue weighted by Crippen LogP contribution is -2.22. The summed E-state index contributed by atoms with van der Waals surface area (Å²) in [5.41, 5.74) is 3.30. The molecule has 1 aliphatic carbocycles. The molecular formula is C20H18O3. The predicted molar refractivity (Wildman–Crippen MR) is 92.1 cm³/mol. The smallest absolute Gasteiger partial charge is 0.109 e. The van der Waals surface area contributed by atoms with Crippen molar-refractivity contribution in [1.82, 2.24) is 0 Å². The normalized spacial score (nSPS) is 20.2. The Morgan fingerprint density at radius 2 is 1.78 bits per heavy atom. The lowest BCUT2D eigenvalue weighted by molar-refractivity contribution is 0.0457. The van der Waals surface area contributed by atoms with Crippen LogP contribution in [0.2, 0.25) is 0 Å². The molecule has 0 spiro atoms. The van der Waals surface area contributed by atoms with Gasteiger partial charge in [0.25, 0.3) is 0 Å². The molecule has 2 atom stereocenters. The monoisotopic (exact) mass is 306 g/mol. The molecule has 0 amide bonds. The fraction of sp³-hybridized carbons (Fsp3) is 0.200. The number of rotatable bonds is 1. The summed E-state index contributed by atoms with van der Waals surface area (Å²) < 4.78 is 0. The average Bonchev–Trinajstić information content (AvgIpc) is 2.58. The molecule has 0 saturated carbocycles. The second kappa shape index (κ2) is 5.17. The van der Waals surface area contributed by atoms with E-state index in [1.165, 1.54) is 0 Å². The van der Waals surface area contributed by atoms with E-state index in [2.05, 4.69) is 12.1 Å². The zero-order chi connectivity index (χ0) is 16.1. The minimum atomic E-state index is -1.01. The van der Waals surface area contributed by atoms with E-state index in [1.807, 2.05) is 37.3 Å². The van der Waals surface area contributed by atoms with Crippen molar-refractivity contribution in [2.45, 2.75) is 25.7 Å². The van der Waals surface area contributed by atoms with E-state index in [1.54, 1.807) is 6.08 Å². The van der Waals surface area contributed by atoms with Crippen molar-refractivity contribution in [3.8, 4) is 0 Å². The third-order valence-electron chi connectivity index (χ3n) is 4.89. The molecule has 1 aliphatic rings. The Balaban J connectivity index is 2.24. The van der Waals surface area contributed by atoms with Crippen LogP contribution in [0, 0.1) is 6.92 Å². The first-order chi connectivity index (χ1) is 11.1. The largest absolute Gasteiger partial charge is 0.392 e. The Morgan fingerprint density at radius 3 is 2.57 bits per heavy atom. The topological polar surface area (TPSA) is 60.7 Å². The van der Waals surface area contributed by atoms with Gasteiger partial charge in [0.05, 0.1) is 6.61 Å². The summed E-state index contributed by atoms with van der Waals surface area (Å²) in [6, 6.07) is 12.2. The van der Waals surface area contributed by atoms with Gasteiger partial charge >= 0.3 is 0 Å². The summed E-state index contributed by atoms with van der Waals surface area (Å²) in [6.45, 7) is 1.86. The van der Waals surface area contributed by atoms with Crippen LogP contribution >= 0.6 is 0 Å². The van der Waals surface area contributed by atoms with E-state index in [0.717, 1.165) is 32.7 Å². The van der Waals surface area contributed by atoms with Gasteiger partial charge < -0.3 is 15.3 Å². The molecule has 116 valence electrons. The molecule has 3 heteroatoms. The molecule has 3 nitrogen and oxygen atoms in total. The molecule has 0 aliphatic heterocycles. The highest BCUT2D eigenvalue weighted by atomic mass is 16.3. The van der Waals surface area contributed by atoms with Crippen LogP contribution < -0.4 is 0 Å². The van der Waals surface area contributed by atoms with E-state index in [-0.39, 0.29) is 6.61 Å². The van der Waals surface area contributed by atoms with Gasteiger partial charge in [-0.25, -0.2) is 0 Å². The van der Waals surface area contributed by atoms with Crippen molar-refractivity contribution in [2.24, 2.45) is 0 Å². The lowest BCUT2D eigenvalue weighted by atomic mass is 9.81. The van der Waals surface area contributed by atoms with Crippen LogP contribution in [0.15, 0.2) is 42.5 Å². The molecule has 3 N–H and O–H groups in total. The van der Waals surface area contributed by atoms with Gasteiger partial charge in [-0.2, -0.15) is 0 Å². The van der Waals surface area contributed by atoms with Gasteiger partial charge in [-0.05, 0) is 50.7 Å². The first kappa shape index (κ1) is 14.4. The Labute approximate surface area is 134 Å². The predicted octanol–water partition coefficient (Wildman–Crippen LogP) is 3.21. The summed E-state index contributed by atoms with van der Waals surface area (Å²) in [6.07, 6.45) is 1.51. The Bertz CT molecular complexity index is 956. The number of aryl methyl sites for hydroxylation is 1. The number of benzene rings is 3. The second-order valence-electron chi connectivity index (χ2n) is 6.09. The summed E-state index contributed by atoms with van der Waals surface area (Å²) in [4.78, 5) is 0. The Hall–Kier alpha value is -2.20. The molecule has 3 aromatic carbocycles. The Morgan fingerprint density at radius 1 is 1.00 bits per heavy atom. The van der Waals surface area contributed by atoms with Crippen molar-refractivity contribution < 1.29 is 15.3 Å². The molecule has 0 aromatic heterocycles. The van der Waals surface area contributed by atoms with Crippen LogP contribution in [0.5, 0.6) is 0 Å². The van der Waals surface area contributed by atoms with E-state index < -0.39 is 12.2 Å². The van der Waals surface area contributed by atoms with Gasteiger partial charge in [0.15, 0.2) is 0 Å². The zero-order valence-corrected chi connectivity index (χ0v) is 12.8. The molecule has 3 aromatic rings. The van der Waals surface area contributed by atoms with E-state index in [9.17, 15) is 15.3 Å². The number of hydrogen-bond acceptors (Lipinski definition) is 3. The highest BCUT2D eigenvalue weighted by Gasteiger charge is 2.28. The number of hydrogen-bond donors (Lipinski definition) is 3. The van der Waals surface area contributed by atoms with Gasteiger partial charge in [-0.15, -0.1) is 0 Å². The highest BCUT2D eigenvalue weighted by molar-refractivity contribution is 6.11. The fourth-order valence-corrected chi connectivity index (χ4v) is 3.77. The number of aliphatic hydroxyl groups excluding tert-OH is 3. The van der Waals surface area contributed by atoms with Crippen molar-refractivity contribution in [2.75, 3.05) is 0 Å². The second-order valence-corrected chi connectivity index (χ2v) is 6.09. The summed E-state index contributed by atoms with van der Waals surface area (Å²) >= 11 is 0. The molecule has 0 unspecified atom stereocenters. The van der Waals surface area contributed by atoms with Crippen LogP contribution in [0.4, 0.5) is 0 Å². The van der Waals surface area contributed by atoms with Gasteiger partial charge in [0.1, 0.15) is 12.2 Å². The molecule has 23 heavy (non-hydrogen) atoms. The summed E-state index contributed by atoms with van der Waals surface area (Å²) in [7, 11) is 0. The van der Waals surface area contributed by atoms with Crippen LogP contribution in [0.3, 0.4) is 0 Å². The van der Waals surface area contributed by atoms with Gasteiger partial charge in [-0.3, -0.25) is 0 Å². The quantitative estimate of drug-likeness (QED) is 0.605. The van der Waals surface area contributed by atoms with E-state index >= 15 is 0 Å². The van der Waals surface area contributed by atoms with E-state index in [0.29, 0.717) is 11.1 Å². The maximum atomic E-state index is 10.4. The zero-order valence-electron chi connectivity index (χ0n) is 12.8. The molecule has 0 heterocycles. The fourth-order valence-electron chi connectivity index (χ4n) is 3.77. The minimum absolute atomic E-state index is 0.172. The van der Waals surface area contributed by atoms with Gasteiger partial charge in [0, 0.05) is 0 Å². The molecule has 0 fully saturated rings. The van der Waals surface area contributed by atoms with Crippen molar-refractivity contribution >= 4 is 27.6 Å². The molecule has 0 bridgehead atoms. The standard InChI is InChI=1S/C20H18O3/c1-11-13-8-9-17(22)20(23)19(13)16(10-21)15-7-6-12-4-2-3-5-14(12)18(11)15/h2-9,17,20-23H,10H2,1H3/t17-,20+/m1/s1. The van der Waals surface area contributed by atoms with Crippen molar-refractivity contribution in [3.05, 3.63) is 64.7 Å². The first-order valence-electron chi connectivity index (χ1n) is 7.75. The number of aliphatic hydroxyl groups is 3.